The largest absolute Gasteiger partial charge is 1.00 e. The Labute approximate surface area is 194 Å². The molecule has 0 saturated carbocycles. The molecule has 0 rings (SSSR count). The molecule has 0 atom stereocenters. The second-order valence-electron chi connectivity index (χ2n) is 2.05. The summed E-state index contributed by atoms with van der Waals surface area (Å²) in [6, 6.07) is 0. The summed E-state index contributed by atoms with van der Waals surface area (Å²) >= 11 is 0. The Bertz CT molecular complexity index is 294. The molecule has 0 bridgehead atoms. The quantitative estimate of drug-likeness (QED) is 0.0912. The molecule has 32 N–H and O–H groups in total. The smallest absolute Gasteiger partial charge is 1.00 e. The van der Waals surface area contributed by atoms with Crippen molar-refractivity contribution >= 4 is 31.3 Å². The Hall–Kier alpha value is 1.04. The van der Waals surface area contributed by atoms with Crippen LogP contribution in [0.15, 0.2) is 0 Å². The molecular formula is H33NaO26P4. The fourth-order valence-corrected chi connectivity index (χ4v) is 0. The molecule has 210 valence electrons. The number of hydrogen-bond acceptors (Lipinski definition) is 4. The maximum Gasteiger partial charge on any atom is 1.00 e. The number of phosphoric acid groups is 4. The van der Waals surface area contributed by atoms with E-state index in [1.165, 1.54) is 0 Å². The first-order valence-electron chi connectivity index (χ1n) is 3.13. The van der Waals surface area contributed by atoms with E-state index in [0.717, 1.165) is 0 Å². The van der Waals surface area contributed by atoms with Crippen molar-refractivity contribution in [3.8, 4) is 0 Å². The third-order valence-corrected chi connectivity index (χ3v) is 0. The number of rotatable bonds is 0. The van der Waals surface area contributed by atoms with Crippen molar-refractivity contribution in [2.75, 3.05) is 0 Å². The van der Waals surface area contributed by atoms with E-state index in [1.54, 1.807) is 0 Å². The van der Waals surface area contributed by atoms with Gasteiger partial charge in [0.2, 0.25) is 0 Å². The molecule has 0 aromatic rings. The van der Waals surface area contributed by atoms with Gasteiger partial charge in [0, 0.05) is 0 Å². The van der Waals surface area contributed by atoms with Crippen LogP contribution < -0.4 is 29.6 Å². The minimum atomic E-state index is -4.64. The van der Waals surface area contributed by atoms with E-state index >= 15 is 0 Å². The molecule has 0 heterocycles. The summed E-state index contributed by atoms with van der Waals surface area (Å²) in [7, 11) is -18.6. The van der Waals surface area contributed by atoms with Gasteiger partial charge in [-0.3, -0.25) is 0 Å². The topological polar surface area (TPSA) is 626 Å². The summed E-state index contributed by atoms with van der Waals surface area (Å²) in [6.45, 7) is 0. The molecule has 31 heavy (non-hydrogen) atoms. The van der Waals surface area contributed by atoms with Crippen LogP contribution in [-0.4, -0.2) is 113 Å². The van der Waals surface area contributed by atoms with Gasteiger partial charge < -0.3 is 115 Å². The second-order valence-corrected chi connectivity index (χ2v) is 6.16. The van der Waals surface area contributed by atoms with Gasteiger partial charge >= 0.3 is 60.8 Å². The summed E-state index contributed by atoms with van der Waals surface area (Å²) < 4.78 is 35.5. The van der Waals surface area contributed by atoms with E-state index in [2.05, 4.69) is 0 Å². The Morgan fingerprint density at radius 3 is 0.290 bits per heavy atom. The average Bonchev–Trinajstić information content (AvgIpc) is 1.62. The van der Waals surface area contributed by atoms with Crippen LogP contribution in [0.4, 0.5) is 0 Å². The van der Waals surface area contributed by atoms with Crippen molar-refractivity contribution < 1.29 is 163 Å². The van der Waals surface area contributed by atoms with E-state index in [-0.39, 0.29) is 85.7 Å². The fourth-order valence-electron chi connectivity index (χ4n) is 0. The molecule has 0 saturated heterocycles. The van der Waals surface area contributed by atoms with Gasteiger partial charge in [-0.1, -0.05) is 0 Å². The molecule has 26 nitrogen and oxygen atoms in total. The molecule has 0 aliphatic heterocycles. The van der Waals surface area contributed by atoms with Gasteiger partial charge in [-0.2, -0.15) is 0 Å². The van der Waals surface area contributed by atoms with E-state index in [4.69, 9.17) is 77.0 Å². The van der Waals surface area contributed by atoms with Crippen molar-refractivity contribution in [2.24, 2.45) is 0 Å². The minimum absolute atomic E-state index is 0. The maximum absolute atomic E-state index is 8.88. The Morgan fingerprint density at radius 2 is 0.290 bits per heavy atom. The molecule has 31 heteroatoms. The Balaban J connectivity index is -0.00000000677. The molecule has 0 amide bonds. The van der Waals surface area contributed by atoms with Crippen LogP contribution in [0.1, 0.15) is 1.43 Å². The van der Waals surface area contributed by atoms with Gasteiger partial charge in [-0.15, -0.1) is 0 Å². The zero-order valence-electron chi connectivity index (χ0n) is 15.8. The zero-order chi connectivity index (χ0) is 18.0. The molecule has 0 unspecified atom stereocenters. The Morgan fingerprint density at radius 1 is 0.290 bits per heavy atom. The Kier molecular flexibility index (Phi) is 153. The van der Waals surface area contributed by atoms with E-state index in [9.17, 15) is 0 Å². The van der Waals surface area contributed by atoms with Gasteiger partial charge in [0.05, 0.1) is 0 Å². The van der Waals surface area contributed by atoms with Gasteiger partial charge in [0.1, 0.15) is 0 Å². The summed E-state index contributed by atoms with van der Waals surface area (Å²) in [5.41, 5.74) is 0. The fraction of sp³-hybridized carbons (Fsp3) is 0. The van der Waals surface area contributed by atoms with E-state index in [0.29, 0.717) is 0 Å². The summed E-state index contributed by atoms with van der Waals surface area (Å²) in [6.07, 6.45) is 0. The average molecular weight is 596 g/mol. The van der Waals surface area contributed by atoms with Crippen molar-refractivity contribution in [1.82, 2.24) is 0 Å². The second kappa shape index (κ2) is 44.7. The van der Waals surface area contributed by atoms with Crippen LogP contribution >= 0.6 is 31.3 Å². The SMILES string of the molecule is O.O.O.O.O.O.O.O.O.O.O=P(O)(O)O.O=P(O)(O)O.O=P(O)(O)O.O=P(O)(O)O.[H-].[Na+]. The van der Waals surface area contributed by atoms with Crippen LogP contribution in [-0.2, 0) is 18.3 Å². The first-order chi connectivity index (χ1) is 8.00. The summed E-state index contributed by atoms with van der Waals surface area (Å²) in [5.74, 6) is 0. The summed E-state index contributed by atoms with van der Waals surface area (Å²) in [5, 5.41) is 0. The van der Waals surface area contributed by atoms with Crippen molar-refractivity contribution in [3.63, 3.8) is 0 Å². The predicted molar refractivity (Wildman–Crippen MR) is 94.3 cm³/mol. The number of hydrogen-bond donors (Lipinski definition) is 12. The van der Waals surface area contributed by atoms with Crippen LogP contribution in [0, 0.1) is 0 Å². The van der Waals surface area contributed by atoms with Gasteiger partial charge in [-0.25, -0.2) is 18.3 Å². The van der Waals surface area contributed by atoms with Crippen LogP contribution in [0.5, 0.6) is 0 Å². The molecule has 0 radical (unpaired) electrons. The first-order valence-corrected chi connectivity index (χ1v) is 9.39. The van der Waals surface area contributed by atoms with E-state index in [1.807, 2.05) is 0 Å². The van der Waals surface area contributed by atoms with Crippen molar-refractivity contribution in [1.29, 1.82) is 0 Å². The summed E-state index contributed by atoms with van der Waals surface area (Å²) in [4.78, 5) is 86.2. The third kappa shape index (κ3) is 24200. The molecule has 0 aromatic carbocycles. The van der Waals surface area contributed by atoms with Crippen LogP contribution in [0.2, 0.25) is 0 Å². The van der Waals surface area contributed by atoms with Crippen molar-refractivity contribution in [3.05, 3.63) is 0 Å². The molecule has 0 spiro atoms. The standard InChI is InChI=1S/Na.4H3O4P.10H2O.H/c;4*1-5(2,3)4;;;;;;;;;;;/h;4*(H3,1,2,3,4);10*1H2;/q+1;;;;;;;;;;;;;;;-1. The minimum Gasteiger partial charge on any atom is -1.00 e. The van der Waals surface area contributed by atoms with Gasteiger partial charge in [-0.05, 0) is 0 Å². The third-order valence-electron chi connectivity index (χ3n) is 0. The first kappa shape index (κ1) is 106. The van der Waals surface area contributed by atoms with Gasteiger partial charge in [0.15, 0.2) is 0 Å². The predicted octanol–water partition coefficient (Wildman–Crippen LogP) is -14.8. The van der Waals surface area contributed by atoms with Crippen LogP contribution in [0.25, 0.3) is 0 Å². The van der Waals surface area contributed by atoms with E-state index < -0.39 is 31.3 Å². The normalized spacial score (nSPS) is 7.61. The molecule has 0 fully saturated rings. The molecule has 0 aliphatic rings. The monoisotopic (exact) mass is 596 g/mol. The maximum atomic E-state index is 8.88. The molecule has 0 aromatic heterocycles. The van der Waals surface area contributed by atoms with Crippen LogP contribution in [0.3, 0.4) is 0 Å². The molecular weight excluding hydrogens is 563 g/mol. The zero-order valence-corrected chi connectivity index (χ0v) is 20.4. The van der Waals surface area contributed by atoms with Crippen molar-refractivity contribution in [2.45, 2.75) is 0 Å². The molecule has 0 aliphatic carbocycles. The van der Waals surface area contributed by atoms with Gasteiger partial charge in [0.25, 0.3) is 0 Å².